The van der Waals surface area contributed by atoms with E-state index in [4.69, 9.17) is 0 Å². The molecule has 1 amide bonds. The predicted octanol–water partition coefficient (Wildman–Crippen LogP) is 3.76. The van der Waals surface area contributed by atoms with Crippen molar-refractivity contribution in [2.24, 2.45) is 0 Å². The minimum Gasteiger partial charge on any atom is -0.369 e. The van der Waals surface area contributed by atoms with Crippen LogP contribution in [-0.2, 0) is 0 Å². The molecule has 4 nitrogen and oxygen atoms in total. The van der Waals surface area contributed by atoms with E-state index in [1.165, 1.54) is 22.6 Å². The molecule has 1 N–H and O–H groups in total. The van der Waals surface area contributed by atoms with E-state index in [0.717, 1.165) is 55.0 Å². The summed E-state index contributed by atoms with van der Waals surface area (Å²) in [7, 11) is 0. The summed E-state index contributed by atoms with van der Waals surface area (Å²) in [6.07, 6.45) is 0.988. The molecule has 1 fully saturated rings. The molecule has 0 bridgehead atoms. The summed E-state index contributed by atoms with van der Waals surface area (Å²) in [6.45, 7) is 8.21. The van der Waals surface area contributed by atoms with Crippen molar-refractivity contribution in [1.29, 1.82) is 0 Å². The number of hydrogen-bond donors (Lipinski definition) is 1. The Labute approximate surface area is 162 Å². The van der Waals surface area contributed by atoms with Crippen LogP contribution in [0.4, 0.5) is 5.69 Å². The lowest BCUT2D eigenvalue weighted by molar-refractivity contribution is 0.0952. The third-order valence-electron chi connectivity index (χ3n) is 4.51. The van der Waals surface area contributed by atoms with Crippen LogP contribution in [0, 0.1) is 6.92 Å². The third-order valence-corrected chi connectivity index (χ3v) is 6.01. The molecule has 1 aromatic heterocycles. The average molecular weight is 422 g/mol. The standard InChI is InChI=1S/C19H24BrN3OS/c1-15-4-2-5-17(12-15)23-10-8-22(9-11-23)7-3-6-21-19(24)16-13-18(20)25-14-16/h2,4-5,12-14H,3,6-11H2,1H3,(H,21,24). The number of carbonyl (C=O) groups is 1. The van der Waals surface area contributed by atoms with Gasteiger partial charge in [0.2, 0.25) is 0 Å². The zero-order valence-corrected chi connectivity index (χ0v) is 16.9. The van der Waals surface area contributed by atoms with Gasteiger partial charge in [-0.3, -0.25) is 9.69 Å². The van der Waals surface area contributed by atoms with E-state index in [1.54, 1.807) is 0 Å². The van der Waals surface area contributed by atoms with Gasteiger partial charge >= 0.3 is 0 Å². The highest BCUT2D eigenvalue weighted by Gasteiger charge is 2.17. The molecule has 2 heterocycles. The number of piperazine rings is 1. The number of halogens is 1. The summed E-state index contributed by atoms with van der Waals surface area (Å²) < 4.78 is 0.990. The van der Waals surface area contributed by atoms with Gasteiger partial charge in [0.1, 0.15) is 0 Å². The Morgan fingerprint density at radius 2 is 2.04 bits per heavy atom. The number of benzene rings is 1. The highest BCUT2D eigenvalue weighted by Crippen LogP contribution is 2.20. The van der Waals surface area contributed by atoms with E-state index >= 15 is 0 Å². The largest absolute Gasteiger partial charge is 0.369 e. The van der Waals surface area contributed by atoms with E-state index in [-0.39, 0.29) is 5.91 Å². The van der Waals surface area contributed by atoms with Crippen molar-refractivity contribution in [1.82, 2.24) is 10.2 Å². The van der Waals surface area contributed by atoms with Crippen molar-refractivity contribution in [3.8, 4) is 0 Å². The van der Waals surface area contributed by atoms with Gasteiger partial charge in [-0.2, -0.15) is 0 Å². The number of nitrogens with zero attached hydrogens (tertiary/aromatic N) is 2. The minimum absolute atomic E-state index is 0.0196. The predicted molar refractivity (Wildman–Crippen MR) is 109 cm³/mol. The van der Waals surface area contributed by atoms with Gasteiger partial charge in [0, 0.05) is 43.8 Å². The van der Waals surface area contributed by atoms with Crippen LogP contribution in [-0.4, -0.2) is 50.1 Å². The Hall–Kier alpha value is -1.37. The van der Waals surface area contributed by atoms with Crippen LogP contribution in [0.15, 0.2) is 39.5 Å². The number of rotatable bonds is 6. The fourth-order valence-corrected chi connectivity index (χ4v) is 4.23. The molecule has 6 heteroatoms. The van der Waals surface area contributed by atoms with E-state index < -0.39 is 0 Å². The quantitative estimate of drug-likeness (QED) is 0.721. The summed E-state index contributed by atoms with van der Waals surface area (Å²) in [4.78, 5) is 16.9. The van der Waals surface area contributed by atoms with Crippen molar-refractivity contribution in [3.63, 3.8) is 0 Å². The lowest BCUT2D eigenvalue weighted by Crippen LogP contribution is -2.47. The molecule has 0 atom stereocenters. The number of thiophene rings is 1. The molecule has 1 aliphatic rings. The smallest absolute Gasteiger partial charge is 0.252 e. The lowest BCUT2D eigenvalue weighted by atomic mass is 10.2. The number of carbonyl (C=O) groups excluding carboxylic acids is 1. The second-order valence-corrected chi connectivity index (χ2v) is 8.71. The minimum atomic E-state index is 0.0196. The van der Waals surface area contributed by atoms with E-state index in [0.29, 0.717) is 0 Å². The van der Waals surface area contributed by atoms with Crippen molar-refractivity contribution in [2.45, 2.75) is 13.3 Å². The third kappa shape index (κ3) is 5.30. The maximum atomic E-state index is 12.0. The van der Waals surface area contributed by atoms with Crippen LogP contribution in [0.1, 0.15) is 22.3 Å². The molecule has 1 saturated heterocycles. The summed E-state index contributed by atoms with van der Waals surface area (Å²) >= 11 is 4.92. The SMILES string of the molecule is Cc1cccc(N2CCN(CCCNC(=O)c3csc(Br)c3)CC2)c1. The first-order valence-corrected chi connectivity index (χ1v) is 10.4. The topological polar surface area (TPSA) is 35.6 Å². The van der Waals surface area contributed by atoms with E-state index in [9.17, 15) is 4.79 Å². The van der Waals surface area contributed by atoms with Crippen molar-refractivity contribution < 1.29 is 4.79 Å². The molecule has 0 spiro atoms. The lowest BCUT2D eigenvalue weighted by Gasteiger charge is -2.36. The Balaban J connectivity index is 1.35. The maximum Gasteiger partial charge on any atom is 0.252 e. The highest BCUT2D eigenvalue weighted by molar-refractivity contribution is 9.11. The Kier molecular flexibility index (Phi) is 6.51. The van der Waals surface area contributed by atoms with Gasteiger partial charge in [-0.15, -0.1) is 11.3 Å². The molecular formula is C19H24BrN3OS. The van der Waals surface area contributed by atoms with Crippen LogP contribution in [0.3, 0.4) is 0 Å². The first-order valence-electron chi connectivity index (χ1n) is 8.68. The number of amides is 1. The maximum absolute atomic E-state index is 12.0. The second kappa shape index (κ2) is 8.83. The molecule has 1 aromatic carbocycles. The zero-order chi connectivity index (χ0) is 17.6. The van der Waals surface area contributed by atoms with Gasteiger partial charge in [0.05, 0.1) is 9.35 Å². The Bertz CT molecular complexity index is 710. The van der Waals surface area contributed by atoms with Crippen molar-refractivity contribution in [3.05, 3.63) is 50.6 Å². The summed E-state index contributed by atoms with van der Waals surface area (Å²) in [5.74, 6) is 0.0196. The Morgan fingerprint density at radius 1 is 1.24 bits per heavy atom. The van der Waals surface area contributed by atoms with E-state index in [2.05, 4.69) is 62.2 Å². The first kappa shape index (κ1) is 18.4. The highest BCUT2D eigenvalue weighted by atomic mass is 79.9. The van der Waals surface area contributed by atoms with Crippen LogP contribution < -0.4 is 10.2 Å². The average Bonchev–Trinajstić information content (AvgIpc) is 3.06. The second-order valence-electron chi connectivity index (χ2n) is 6.42. The molecule has 0 unspecified atom stereocenters. The van der Waals surface area contributed by atoms with Gasteiger partial charge in [0.15, 0.2) is 0 Å². The molecular weight excluding hydrogens is 398 g/mol. The molecule has 3 rings (SSSR count). The normalized spacial score (nSPS) is 15.4. The van der Waals surface area contributed by atoms with Crippen LogP contribution in [0.5, 0.6) is 0 Å². The first-order chi connectivity index (χ1) is 12.1. The van der Waals surface area contributed by atoms with Gasteiger partial charge < -0.3 is 10.2 Å². The molecule has 0 radical (unpaired) electrons. The number of nitrogens with one attached hydrogen (secondary N) is 1. The van der Waals surface area contributed by atoms with Gasteiger partial charge in [-0.1, -0.05) is 12.1 Å². The van der Waals surface area contributed by atoms with Gasteiger partial charge in [0.25, 0.3) is 5.91 Å². The molecule has 0 aliphatic carbocycles. The van der Waals surface area contributed by atoms with Crippen molar-refractivity contribution in [2.75, 3.05) is 44.2 Å². The fraction of sp³-hybridized carbons (Fsp3) is 0.421. The monoisotopic (exact) mass is 421 g/mol. The van der Waals surface area contributed by atoms with Crippen LogP contribution >= 0.6 is 27.3 Å². The van der Waals surface area contributed by atoms with Gasteiger partial charge in [-0.05, 0) is 59.6 Å². The number of aryl methyl sites for hydroxylation is 1. The van der Waals surface area contributed by atoms with Crippen LogP contribution in [0.25, 0.3) is 0 Å². The van der Waals surface area contributed by atoms with Gasteiger partial charge in [-0.25, -0.2) is 0 Å². The van der Waals surface area contributed by atoms with E-state index in [1.807, 2.05) is 11.4 Å². The number of hydrogen-bond acceptors (Lipinski definition) is 4. The molecule has 25 heavy (non-hydrogen) atoms. The summed E-state index contributed by atoms with van der Waals surface area (Å²) in [6, 6.07) is 10.6. The molecule has 1 aliphatic heterocycles. The Morgan fingerprint density at radius 3 is 2.72 bits per heavy atom. The zero-order valence-electron chi connectivity index (χ0n) is 14.5. The summed E-state index contributed by atoms with van der Waals surface area (Å²) in [5.41, 5.74) is 3.38. The fourth-order valence-electron chi connectivity index (χ4n) is 3.09. The van der Waals surface area contributed by atoms with Crippen molar-refractivity contribution >= 4 is 38.9 Å². The molecule has 0 saturated carbocycles. The van der Waals surface area contributed by atoms with Crippen LogP contribution in [0.2, 0.25) is 0 Å². The summed E-state index contributed by atoms with van der Waals surface area (Å²) in [5, 5.41) is 4.88. The number of anilines is 1. The molecule has 2 aromatic rings. The molecule has 134 valence electrons.